The fourth-order valence-corrected chi connectivity index (χ4v) is 2.77. The maximum absolute atomic E-state index is 10.7. The summed E-state index contributed by atoms with van der Waals surface area (Å²) in [7, 11) is 0. The van der Waals surface area contributed by atoms with Crippen LogP contribution in [-0.2, 0) is 11.2 Å². The summed E-state index contributed by atoms with van der Waals surface area (Å²) < 4.78 is 1.72. The molecule has 0 spiro atoms. The fraction of sp³-hybridized carbons (Fsp3) is 0.538. The monoisotopic (exact) mass is 260 g/mol. The van der Waals surface area contributed by atoms with Gasteiger partial charge in [0.2, 0.25) is 0 Å². The van der Waals surface area contributed by atoms with Gasteiger partial charge in [-0.25, -0.2) is 9.50 Å². The second-order valence-electron chi connectivity index (χ2n) is 5.01. The van der Waals surface area contributed by atoms with Crippen LogP contribution >= 0.6 is 0 Å². The van der Waals surface area contributed by atoms with Crippen LogP contribution in [0.2, 0.25) is 0 Å². The van der Waals surface area contributed by atoms with Gasteiger partial charge in [-0.05, 0) is 18.9 Å². The maximum Gasteiger partial charge on any atom is 0.311 e. The van der Waals surface area contributed by atoms with Crippen molar-refractivity contribution in [2.45, 2.75) is 44.4 Å². The van der Waals surface area contributed by atoms with E-state index in [9.17, 15) is 4.79 Å². The van der Waals surface area contributed by atoms with Crippen LogP contribution in [0.3, 0.4) is 0 Å². The van der Waals surface area contributed by atoms with Gasteiger partial charge >= 0.3 is 5.97 Å². The quantitative estimate of drug-likeness (QED) is 0.910. The number of hydrogen-bond donors (Lipinski definition) is 1. The standard InChI is InChI=1S/C13H16N4O2/c18-12(19)8-11-15-13-14-7-6-10(17(13)16-11)9-4-2-1-3-5-9/h6-7,9H,1-5,8H2,(H,18,19). The zero-order valence-corrected chi connectivity index (χ0v) is 10.6. The highest BCUT2D eigenvalue weighted by Crippen LogP contribution is 2.32. The molecule has 0 atom stereocenters. The maximum atomic E-state index is 10.7. The summed E-state index contributed by atoms with van der Waals surface area (Å²) >= 11 is 0. The molecule has 0 amide bonds. The molecular weight excluding hydrogens is 244 g/mol. The smallest absolute Gasteiger partial charge is 0.311 e. The molecule has 2 aromatic rings. The highest BCUT2D eigenvalue weighted by atomic mass is 16.4. The van der Waals surface area contributed by atoms with Crippen molar-refractivity contribution in [3.05, 3.63) is 23.8 Å². The summed E-state index contributed by atoms with van der Waals surface area (Å²) in [4.78, 5) is 19.1. The van der Waals surface area contributed by atoms with Gasteiger partial charge in [-0.1, -0.05) is 19.3 Å². The van der Waals surface area contributed by atoms with E-state index in [2.05, 4.69) is 15.1 Å². The van der Waals surface area contributed by atoms with E-state index in [0.717, 1.165) is 18.5 Å². The Morgan fingerprint density at radius 3 is 2.89 bits per heavy atom. The van der Waals surface area contributed by atoms with Gasteiger partial charge in [-0.3, -0.25) is 4.79 Å². The van der Waals surface area contributed by atoms with Gasteiger partial charge in [-0.2, -0.15) is 4.98 Å². The summed E-state index contributed by atoms with van der Waals surface area (Å²) in [5.41, 5.74) is 1.11. The molecule has 6 heteroatoms. The van der Waals surface area contributed by atoms with Crippen LogP contribution in [0.4, 0.5) is 0 Å². The Bertz CT molecular complexity index is 602. The van der Waals surface area contributed by atoms with E-state index in [-0.39, 0.29) is 6.42 Å². The van der Waals surface area contributed by atoms with E-state index in [1.807, 2.05) is 6.07 Å². The Balaban J connectivity index is 1.99. The van der Waals surface area contributed by atoms with Crippen molar-refractivity contribution in [2.75, 3.05) is 0 Å². The minimum atomic E-state index is -0.921. The van der Waals surface area contributed by atoms with Gasteiger partial charge in [0.1, 0.15) is 6.42 Å². The molecule has 19 heavy (non-hydrogen) atoms. The number of rotatable bonds is 3. The van der Waals surface area contributed by atoms with Crippen LogP contribution in [0.5, 0.6) is 0 Å². The molecule has 1 aliphatic rings. The number of aliphatic carboxylic acids is 1. The zero-order chi connectivity index (χ0) is 13.2. The third kappa shape index (κ3) is 2.43. The van der Waals surface area contributed by atoms with Crippen molar-refractivity contribution in [3.63, 3.8) is 0 Å². The first-order valence-electron chi connectivity index (χ1n) is 6.66. The highest BCUT2D eigenvalue weighted by molar-refractivity contribution is 5.69. The van der Waals surface area contributed by atoms with E-state index in [1.165, 1.54) is 19.3 Å². The topological polar surface area (TPSA) is 80.4 Å². The molecule has 0 bridgehead atoms. The molecule has 1 saturated carbocycles. The molecule has 100 valence electrons. The van der Waals surface area contributed by atoms with Crippen LogP contribution in [-0.4, -0.2) is 30.7 Å². The van der Waals surface area contributed by atoms with Gasteiger partial charge < -0.3 is 5.11 Å². The number of aromatic nitrogens is 4. The van der Waals surface area contributed by atoms with Crippen LogP contribution in [0.25, 0.3) is 5.78 Å². The minimum Gasteiger partial charge on any atom is -0.481 e. The largest absolute Gasteiger partial charge is 0.481 e. The number of carbonyl (C=O) groups is 1. The van der Waals surface area contributed by atoms with Crippen LogP contribution in [0, 0.1) is 0 Å². The SMILES string of the molecule is O=C(O)Cc1nc2nccc(C3CCCCC3)n2n1. The fourth-order valence-electron chi connectivity index (χ4n) is 2.77. The summed E-state index contributed by atoms with van der Waals surface area (Å²) in [6.45, 7) is 0. The molecule has 0 aliphatic heterocycles. The molecule has 3 rings (SSSR count). The first-order chi connectivity index (χ1) is 9.24. The van der Waals surface area contributed by atoms with E-state index in [1.54, 1.807) is 10.7 Å². The molecule has 0 unspecified atom stereocenters. The number of carboxylic acids is 1. The van der Waals surface area contributed by atoms with Crippen molar-refractivity contribution in [3.8, 4) is 0 Å². The predicted octanol–water partition coefficient (Wildman–Crippen LogP) is 1.80. The molecule has 1 aliphatic carbocycles. The summed E-state index contributed by atoms with van der Waals surface area (Å²) in [6, 6.07) is 1.97. The van der Waals surface area contributed by atoms with Gasteiger partial charge in [0.25, 0.3) is 5.78 Å². The lowest BCUT2D eigenvalue weighted by molar-refractivity contribution is -0.136. The molecule has 2 aromatic heterocycles. The Labute approximate surface area is 110 Å². The molecule has 1 N–H and O–H groups in total. The van der Waals surface area contributed by atoms with Gasteiger partial charge in [0.15, 0.2) is 5.82 Å². The van der Waals surface area contributed by atoms with Crippen LogP contribution in [0.15, 0.2) is 12.3 Å². The van der Waals surface area contributed by atoms with Crippen LogP contribution < -0.4 is 0 Å². The van der Waals surface area contributed by atoms with Crippen molar-refractivity contribution in [1.29, 1.82) is 0 Å². The van der Waals surface area contributed by atoms with E-state index in [0.29, 0.717) is 17.5 Å². The first kappa shape index (κ1) is 12.1. The molecule has 1 fully saturated rings. The normalized spacial score (nSPS) is 16.8. The van der Waals surface area contributed by atoms with Crippen molar-refractivity contribution in [1.82, 2.24) is 19.6 Å². The summed E-state index contributed by atoms with van der Waals surface area (Å²) in [6.07, 6.45) is 7.68. The van der Waals surface area contributed by atoms with E-state index in [4.69, 9.17) is 5.11 Å². The van der Waals surface area contributed by atoms with E-state index >= 15 is 0 Å². The second kappa shape index (κ2) is 4.95. The molecule has 6 nitrogen and oxygen atoms in total. The van der Waals surface area contributed by atoms with Crippen molar-refractivity contribution in [2.24, 2.45) is 0 Å². The highest BCUT2D eigenvalue weighted by Gasteiger charge is 2.20. The molecule has 0 saturated heterocycles. The van der Waals surface area contributed by atoms with Gasteiger partial charge in [0.05, 0.1) is 5.69 Å². The molecule has 2 heterocycles. The predicted molar refractivity (Wildman–Crippen MR) is 67.9 cm³/mol. The Morgan fingerprint density at radius 2 is 2.16 bits per heavy atom. The molecular formula is C13H16N4O2. The zero-order valence-electron chi connectivity index (χ0n) is 10.6. The number of hydrogen-bond acceptors (Lipinski definition) is 4. The first-order valence-corrected chi connectivity index (χ1v) is 6.66. The average molecular weight is 260 g/mol. The Hall–Kier alpha value is -1.98. The van der Waals surface area contributed by atoms with Crippen LogP contribution in [0.1, 0.15) is 49.5 Å². The van der Waals surface area contributed by atoms with E-state index < -0.39 is 5.97 Å². The molecule has 0 aromatic carbocycles. The molecule has 0 radical (unpaired) electrons. The van der Waals surface area contributed by atoms with Gasteiger partial charge in [0, 0.05) is 12.1 Å². The Morgan fingerprint density at radius 1 is 1.37 bits per heavy atom. The van der Waals surface area contributed by atoms with Crippen molar-refractivity contribution < 1.29 is 9.90 Å². The number of nitrogens with zero attached hydrogens (tertiary/aromatic N) is 4. The van der Waals surface area contributed by atoms with Crippen molar-refractivity contribution >= 4 is 11.7 Å². The minimum absolute atomic E-state index is 0.159. The lowest BCUT2D eigenvalue weighted by Gasteiger charge is -2.21. The lowest BCUT2D eigenvalue weighted by Crippen LogP contribution is -2.10. The Kier molecular flexibility index (Phi) is 3.15. The third-order valence-corrected chi connectivity index (χ3v) is 3.65. The number of fused-ring (bicyclic) bond motifs is 1. The van der Waals surface area contributed by atoms with Gasteiger partial charge in [-0.15, -0.1) is 5.10 Å². The summed E-state index contributed by atoms with van der Waals surface area (Å²) in [5.74, 6) is 0.385. The third-order valence-electron chi connectivity index (χ3n) is 3.65. The second-order valence-corrected chi connectivity index (χ2v) is 5.01. The summed E-state index contributed by atoms with van der Waals surface area (Å²) in [5, 5.41) is 13.1. The number of carboxylic acid groups (broad SMARTS) is 1. The lowest BCUT2D eigenvalue weighted by atomic mass is 9.87. The average Bonchev–Trinajstić information content (AvgIpc) is 2.80.